The van der Waals surface area contributed by atoms with Crippen LogP contribution < -0.4 is 14.8 Å². The van der Waals surface area contributed by atoms with Crippen LogP contribution in [0.1, 0.15) is 52.0 Å². The number of nitrogens with one attached hydrogen (secondary N) is 1. The summed E-state index contributed by atoms with van der Waals surface area (Å²) in [5, 5.41) is 2.55. The van der Waals surface area contributed by atoms with Gasteiger partial charge in [0.15, 0.2) is 18.1 Å². The van der Waals surface area contributed by atoms with Crippen LogP contribution in [-0.2, 0) is 29.2 Å². The van der Waals surface area contributed by atoms with Crippen LogP contribution in [0.25, 0.3) is 0 Å². The molecule has 1 fully saturated rings. The van der Waals surface area contributed by atoms with Gasteiger partial charge in [0.25, 0.3) is 5.91 Å². The van der Waals surface area contributed by atoms with Crippen molar-refractivity contribution >= 4 is 29.5 Å². The Morgan fingerprint density at radius 3 is 2.08 bits per heavy atom. The topological polar surface area (TPSA) is 126 Å². The number of carbonyl (C=O) groups is 4. The van der Waals surface area contributed by atoms with E-state index in [1.165, 1.54) is 32.4 Å². The smallest absolute Gasteiger partial charge is 0.337 e. The van der Waals surface area contributed by atoms with Crippen LogP contribution in [0, 0.1) is 0 Å². The summed E-state index contributed by atoms with van der Waals surface area (Å²) >= 11 is 0. The highest BCUT2D eigenvalue weighted by atomic mass is 16.6. The van der Waals surface area contributed by atoms with Crippen LogP contribution in [0.5, 0.6) is 11.5 Å². The number of hydrogen-bond acceptors (Lipinski definition) is 9. The van der Waals surface area contributed by atoms with Gasteiger partial charge in [-0.05, 0) is 48.7 Å². The van der Waals surface area contributed by atoms with E-state index in [1.807, 2.05) is 12.1 Å². The van der Waals surface area contributed by atoms with E-state index >= 15 is 0 Å². The predicted octanol–water partition coefficient (Wildman–Crippen LogP) is 3.02. The normalized spacial score (nSPS) is 15.5. The summed E-state index contributed by atoms with van der Waals surface area (Å²) in [6.45, 7) is 0.363. The molecule has 1 heterocycles. The van der Waals surface area contributed by atoms with Crippen molar-refractivity contribution in [2.75, 3.05) is 39.4 Å². The maximum absolute atomic E-state index is 13.3. The Morgan fingerprint density at radius 1 is 0.861 bits per heavy atom. The SMILES string of the molecule is COC(=O)c1cc(NC(=O)COC(=O)C2(c3ccc4c(c3)OCCO4)CCCC2)cc(C(=O)OC)c1. The van der Waals surface area contributed by atoms with Crippen molar-refractivity contribution in [3.05, 3.63) is 53.1 Å². The molecule has 2 aromatic rings. The second-order valence-corrected chi connectivity index (χ2v) is 8.55. The Bertz CT molecular complexity index is 1150. The van der Waals surface area contributed by atoms with Crippen molar-refractivity contribution in [3.8, 4) is 11.5 Å². The number of rotatable bonds is 7. The zero-order valence-electron chi connectivity index (χ0n) is 20.1. The van der Waals surface area contributed by atoms with Gasteiger partial charge in [-0.2, -0.15) is 0 Å². The molecule has 0 spiro atoms. The molecule has 36 heavy (non-hydrogen) atoms. The molecule has 0 saturated heterocycles. The lowest BCUT2D eigenvalue weighted by Gasteiger charge is -2.28. The molecular formula is C26H27NO9. The van der Waals surface area contributed by atoms with Gasteiger partial charge in [0.2, 0.25) is 0 Å². The van der Waals surface area contributed by atoms with E-state index in [-0.39, 0.29) is 16.8 Å². The van der Waals surface area contributed by atoms with Gasteiger partial charge in [-0.3, -0.25) is 9.59 Å². The van der Waals surface area contributed by atoms with E-state index in [0.717, 1.165) is 18.4 Å². The fourth-order valence-electron chi connectivity index (χ4n) is 4.57. The molecule has 190 valence electrons. The molecule has 1 N–H and O–H groups in total. The second kappa shape index (κ2) is 10.7. The second-order valence-electron chi connectivity index (χ2n) is 8.55. The lowest BCUT2D eigenvalue weighted by molar-refractivity contribution is -0.153. The Hall–Kier alpha value is -4.08. The van der Waals surface area contributed by atoms with E-state index in [1.54, 1.807) is 6.07 Å². The first kappa shape index (κ1) is 25.0. The molecule has 4 rings (SSSR count). The van der Waals surface area contributed by atoms with Crippen molar-refractivity contribution in [3.63, 3.8) is 0 Å². The maximum atomic E-state index is 13.3. The van der Waals surface area contributed by atoms with Gasteiger partial charge >= 0.3 is 17.9 Å². The van der Waals surface area contributed by atoms with Gasteiger partial charge in [-0.25, -0.2) is 9.59 Å². The van der Waals surface area contributed by atoms with E-state index in [0.29, 0.717) is 37.6 Å². The van der Waals surface area contributed by atoms with Crippen LogP contribution in [0.4, 0.5) is 5.69 Å². The molecule has 10 heteroatoms. The van der Waals surface area contributed by atoms with Gasteiger partial charge in [0, 0.05) is 5.69 Å². The molecule has 2 aromatic carbocycles. The van der Waals surface area contributed by atoms with Gasteiger partial charge in [0.05, 0.1) is 30.8 Å². The number of hydrogen-bond donors (Lipinski definition) is 1. The van der Waals surface area contributed by atoms with Gasteiger partial charge in [-0.15, -0.1) is 0 Å². The number of esters is 3. The first-order valence-corrected chi connectivity index (χ1v) is 11.6. The number of carbonyl (C=O) groups excluding carboxylic acids is 4. The first-order valence-electron chi connectivity index (χ1n) is 11.6. The highest BCUT2D eigenvalue weighted by Crippen LogP contribution is 2.45. The van der Waals surface area contributed by atoms with Crippen molar-refractivity contribution in [2.45, 2.75) is 31.1 Å². The number of benzene rings is 2. The first-order chi connectivity index (χ1) is 17.4. The molecule has 1 saturated carbocycles. The fourth-order valence-corrected chi connectivity index (χ4v) is 4.57. The molecule has 1 aliphatic carbocycles. The third kappa shape index (κ3) is 5.12. The third-order valence-corrected chi connectivity index (χ3v) is 6.34. The Morgan fingerprint density at radius 2 is 1.47 bits per heavy atom. The highest BCUT2D eigenvalue weighted by Gasteiger charge is 2.45. The van der Waals surface area contributed by atoms with Crippen LogP contribution in [0.2, 0.25) is 0 Å². The minimum absolute atomic E-state index is 0.0520. The largest absolute Gasteiger partial charge is 0.486 e. The lowest BCUT2D eigenvalue weighted by Crippen LogP contribution is -2.36. The molecular weight excluding hydrogens is 470 g/mol. The Kier molecular flexibility index (Phi) is 7.42. The van der Waals surface area contributed by atoms with Crippen LogP contribution >= 0.6 is 0 Å². The van der Waals surface area contributed by atoms with Gasteiger partial charge < -0.3 is 29.0 Å². The van der Waals surface area contributed by atoms with Crippen molar-refractivity contribution in [1.29, 1.82) is 0 Å². The molecule has 10 nitrogen and oxygen atoms in total. The Labute approximate surface area is 207 Å². The summed E-state index contributed by atoms with van der Waals surface area (Å²) in [6, 6.07) is 9.44. The average molecular weight is 498 g/mol. The van der Waals surface area contributed by atoms with Crippen LogP contribution in [0.3, 0.4) is 0 Å². The quantitative estimate of drug-likeness (QED) is 0.454. The van der Waals surface area contributed by atoms with Crippen molar-refractivity contribution < 1.29 is 42.9 Å². The highest BCUT2D eigenvalue weighted by molar-refractivity contribution is 6.00. The lowest BCUT2D eigenvalue weighted by atomic mass is 9.78. The summed E-state index contributed by atoms with van der Waals surface area (Å²) in [5.41, 5.74) is 0.149. The van der Waals surface area contributed by atoms with Crippen LogP contribution in [0.15, 0.2) is 36.4 Å². The molecule has 1 amide bonds. The number of ether oxygens (including phenoxy) is 5. The predicted molar refractivity (Wildman–Crippen MR) is 126 cm³/mol. The summed E-state index contributed by atoms with van der Waals surface area (Å²) in [7, 11) is 2.40. The molecule has 0 atom stereocenters. The summed E-state index contributed by atoms with van der Waals surface area (Å²) < 4.78 is 26.1. The van der Waals surface area contributed by atoms with Gasteiger partial charge in [-0.1, -0.05) is 18.9 Å². The molecule has 0 radical (unpaired) electrons. The zero-order chi connectivity index (χ0) is 25.7. The monoisotopic (exact) mass is 497 g/mol. The molecule has 2 aliphatic rings. The minimum atomic E-state index is -0.876. The molecule has 1 aliphatic heterocycles. The molecule has 0 unspecified atom stereocenters. The van der Waals surface area contributed by atoms with Crippen molar-refractivity contribution in [1.82, 2.24) is 0 Å². The van der Waals surface area contributed by atoms with E-state index in [4.69, 9.17) is 23.7 Å². The fraction of sp³-hybridized carbons (Fsp3) is 0.385. The van der Waals surface area contributed by atoms with E-state index in [2.05, 4.69) is 5.32 Å². The summed E-state index contributed by atoms with van der Waals surface area (Å²) in [5.74, 6) is -1.29. The summed E-state index contributed by atoms with van der Waals surface area (Å²) in [6.07, 6.45) is 2.90. The number of anilines is 1. The average Bonchev–Trinajstić information content (AvgIpc) is 3.41. The number of fused-ring (bicyclic) bond motifs is 1. The molecule has 0 aromatic heterocycles. The third-order valence-electron chi connectivity index (χ3n) is 6.34. The summed E-state index contributed by atoms with van der Waals surface area (Å²) in [4.78, 5) is 49.8. The zero-order valence-corrected chi connectivity index (χ0v) is 20.1. The minimum Gasteiger partial charge on any atom is -0.486 e. The number of amides is 1. The number of methoxy groups -OCH3 is 2. The van der Waals surface area contributed by atoms with E-state index < -0.39 is 35.8 Å². The van der Waals surface area contributed by atoms with Gasteiger partial charge in [0.1, 0.15) is 13.2 Å². The van der Waals surface area contributed by atoms with E-state index in [9.17, 15) is 19.2 Å². The Balaban J connectivity index is 1.47. The maximum Gasteiger partial charge on any atom is 0.337 e. The molecule has 0 bridgehead atoms. The van der Waals surface area contributed by atoms with Crippen LogP contribution in [-0.4, -0.2) is 57.9 Å². The standard InChI is InChI=1S/C26H27NO9/c1-32-23(29)16-11-17(24(30)33-2)13-19(12-16)27-22(28)15-36-25(31)26(7-3-4-8-26)18-5-6-20-21(14-18)35-10-9-34-20/h5-6,11-14H,3-4,7-10,15H2,1-2H3,(H,27,28). The van der Waals surface area contributed by atoms with Crippen molar-refractivity contribution in [2.24, 2.45) is 0 Å².